The number of benzene rings is 1. The molecule has 100 valence electrons. The van der Waals surface area contributed by atoms with Gasteiger partial charge in [0.15, 0.2) is 5.82 Å². The lowest BCUT2D eigenvalue weighted by atomic mass is 9.99. The molecule has 1 aromatic heterocycles. The summed E-state index contributed by atoms with van der Waals surface area (Å²) in [5.41, 5.74) is 9.31. The average Bonchev–Trinajstić information content (AvgIpc) is 2.80. The van der Waals surface area contributed by atoms with Crippen molar-refractivity contribution in [2.75, 3.05) is 5.73 Å². The number of nitrogens with zero attached hydrogens (tertiary/aromatic N) is 1. The zero-order chi connectivity index (χ0) is 13.8. The Balaban J connectivity index is 2.09. The second-order valence-corrected chi connectivity index (χ2v) is 6.59. The van der Waals surface area contributed by atoms with E-state index in [9.17, 15) is 0 Å². The number of H-pyrrole nitrogens is 1. The van der Waals surface area contributed by atoms with E-state index in [0.717, 1.165) is 23.2 Å². The molecule has 1 unspecified atom stereocenters. The van der Waals surface area contributed by atoms with Gasteiger partial charge in [0.2, 0.25) is 0 Å². The van der Waals surface area contributed by atoms with Crippen molar-refractivity contribution in [3.63, 3.8) is 0 Å². The van der Waals surface area contributed by atoms with Crippen LogP contribution >= 0.6 is 23.2 Å². The van der Waals surface area contributed by atoms with Crippen molar-refractivity contribution in [3.05, 3.63) is 33.9 Å². The predicted molar refractivity (Wildman–Crippen MR) is 79.6 cm³/mol. The predicted octanol–water partition coefficient (Wildman–Crippen LogP) is 4.48. The van der Waals surface area contributed by atoms with Crippen molar-refractivity contribution in [2.45, 2.75) is 26.2 Å². The van der Waals surface area contributed by atoms with Gasteiger partial charge in [0, 0.05) is 17.2 Å². The van der Waals surface area contributed by atoms with Gasteiger partial charge < -0.3 is 5.73 Å². The van der Waals surface area contributed by atoms with Gasteiger partial charge in [-0.1, -0.05) is 43.1 Å². The number of halogens is 2. The van der Waals surface area contributed by atoms with E-state index in [4.69, 9.17) is 28.9 Å². The molecule has 0 spiro atoms. The molecule has 0 bridgehead atoms. The van der Waals surface area contributed by atoms with Crippen molar-refractivity contribution in [1.82, 2.24) is 10.2 Å². The van der Waals surface area contributed by atoms with Crippen LogP contribution in [0.4, 0.5) is 5.82 Å². The summed E-state index contributed by atoms with van der Waals surface area (Å²) in [6, 6.07) is 5.55. The Morgan fingerprint density at radius 1 is 1.32 bits per heavy atom. The van der Waals surface area contributed by atoms with E-state index in [2.05, 4.69) is 24.0 Å². The molecule has 5 heteroatoms. The maximum atomic E-state index is 6.08. The second kappa shape index (κ2) is 4.15. The monoisotopic (exact) mass is 295 g/mol. The number of rotatable bonds is 2. The van der Waals surface area contributed by atoms with Gasteiger partial charge in [0.25, 0.3) is 0 Å². The highest BCUT2D eigenvalue weighted by atomic mass is 35.5. The van der Waals surface area contributed by atoms with Crippen molar-refractivity contribution in [1.29, 1.82) is 0 Å². The fourth-order valence-electron chi connectivity index (χ4n) is 2.54. The van der Waals surface area contributed by atoms with Crippen LogP contribution in [0.15, 0.2) is 18.2 Å². The number of hydrogen-bond donors (Lipinski definition) is 2. The topological polar surface area (TPSA) is 54.7 Å². The fraction of sp³-hybridized carbons (Fsp3) is 0.357. The van der Waals surface area contributed by atoms with Gasteiger partial charge in [-0.15, -0.1) is 0 Å². The first-order valence-electron chi connectivity index (χ1n) is 6.19. The molecule has 3 nitrogen and oxygen atoms in total. The second-order valence-electron chi connectivity index (χ2n) is 5.77. The molecule has 1 fully saturated rings. The molecule has 0 amide bonds. The average molecular weight is 296 g/mol. The Hall–Kier alpha value is -1.19. The number of nitrogens with one attached hydrogen (secondary N) is 1. The van der Waals surface area contributed by atoms with E-state index in [-0.39, 0.29) is 0 Å². The summed E-state index contributed by atoms with van der Waals surface area (Å²) in [5.74, 6) is 0.984. The molecule has 0 saturated heterocycles. The molecule has 19 heavy (non-hydrogen) atoms. The minimum Gasteiger partial charge on any atom is -0.382 e. The molecule has 1 heterocycles. The third-order valence-electron chi connectivity index (χ3n) is 3.89. The maximum absolute atomic E-state index is 6.08. The van der Waals surface area contributed by atoms with Gasteiger partial charge in [0.05, 0.1) is 10.0 Å². The van der Waals surface area contributed by atoms with E-state index in [1.807, 2.05) is 12.1 Å². The minimum atomic E-state index is 0.309. The Morgan fingerprint density at radius 2 is 2.00 bits per heavy atom. The highest BCUT2D eigenvalue weighted by Crippen LogP contribution is 2.60. The van der Waals surface area contributed by atoms with Gasteiger partial charge in [-0.25, -0.2) is 0 Å². The molecule has 2 aromatic rings. The molecule has 0 radical (unpaired) electrons. The normalized spacial score (nSPS) is 20.5. The highest BCUT2D eigenvalue weighted by Gasteiger charge is 2.48. The molecule has 3 rings (SSSR count). The number of aromatic amines is 1. The minimum absolute atomic E-state index is 0.309. The molecule has 1 saturated carbocycles. The van der Waals surface area contributed by atoms with Gasteiger partial charge in [-0.2, -0.15) is 5.10 Å². The first-order valence-corrected chi connectivity index (χ1v) is 6.95. The lowest BCUT2D eigenvalue weighted by Crippen LogP contribution is -1.94. The molecule has 1 aliphatic carbocycles. The molecular weight excluding hydrogens is 281 g/mol. The Morgan fingerprint density at radius 3 is 2.58 bits per heavy atom. The number of nitrogens with two attached hydrogens (primary N) is 1. The number of anilines is 1. The van der Waals surface area contributed by atoms with Crippen molar-refractivity contribution in [3.8, 4) is 11.1 Å². The Bertz CT molecular complexity index is 646. The van der Waals surface area contributed by atoms with Gasteiger partial charge in [-0.3, -0.25) is 5.10 Å². The Labute approximate surface area is 122 Å². The van der Waals surface area contributed by atoms with Crippen LogP contribution < -0.4 is 5.73 Å². The van der Waals surface area contributed by atoms with E-state index in [1.54, 1.807) is 6.07 Å². The smallest absolute Gasteiger partial charge is 0.153 e. The van der Waals surface area contributed by atoms with E-state index < -0.39 is 0 Å². The van der Waals surface area contributed by atoms with E-state index >= 15 is 0 Å². The van der Waals surface area contributed by atoms with E-state index in [0.29, 0.717) is 27.2 Å². The quantitative estimate of drug-likeness (QED) is 0.858. The third kappa shape index (κ3) is 2.11. The number of hydrogen-bond acceptors (Lipinski definition) is 2. The standard InChI is InChI=1S/C14H15Cl2N3/c1-14(2)6-8(14)12-11(13(17)19-18-12)7-3-4-9(15)10(16)5-7/h3-5,8H,6H2,1-2H3,(H3,17,18,19). The molecule has 1 aliphatic rings. The highest BCUT2D eigenvalue weighted by molar-refractivity contribution is 6.42. The Kier molecular flexibility index (Phi) is 2.80. The third-order valence-corrected chi connectivity index (χ3v) is 4.63. The van der Waals surface area contributed by atoms with Crippen LogP contribution in [-0.2, 0) is 0 Å². The zero-order valence-corrected chi connectivity index (χ0v) is 12.3. The van der Waals surface area contributed by atoms with Crippen molar-refractivity contribution >= 4 is 29.0 Å². The van der Waals surface area contributed by atoms with Gasteiger partial charge >= 0.3 is 0 Å². The largest absolute Gasteiger partial charge is 0.382 e. The molecular formula is C14H15Cl2N3. The first kappa shape index (κ1) is 12.8. The van der Waals surface area contributed by atoms with Crippen molar-refractivity contribution in [2.24, 2.45) is 5.41 Å². The maximum Gasteiger partial charge on any atom is 0.153 e. The van der Waals surface area contributed by atoms with Gasteiger partial charge in [-0.05, 0) is 29.5 Å². The fourth-order valence-corrected chi connectivity index (χ4v) is 2.84. The van der Waals surface area contributed by atoms with Crippen LogP contribution in [0.3, 0.4) is 0 Å². The molecule has 3 N–H and O–H groups in total. The summed E-state index contributed by atoms with van der Waals surface area (Å²) in [7, 11) is 0. The summed E-state index contributed by atoms with van der Waals surface area (Å²) < 4.78 is 0. The number of nitrogen functional groups attached to an aromatic ring is 1. The first-order chi connectivity index (χ1) is 8.90. The van der Waals surface area contributed by atoms with Crippen molar-refractivity contribution < 1.29 is 0 Å². The van der Waals surface area contributed by atoms with Crippen LogP contribution in [0.5, 0.6) is 0 Å². The van der Waals surface area contributed by atoms with Crippen LogP contribution in [0.1, 0.15) is 31.9 Å². The molecule has 1 atom stereocenters. The summed E-state index contributed by atoms with van der Waals surface area (Å²) in [6.45, 7) is 4.49. The SMILES string of the molecule is CC1(C)CC1c1[nH]nc(N)c1-c1ccc(Cl)c(Cl)c1. The van der Waals surface area contributed by atoms with Crippen LogP contribution in [-0.4, -0.2) is 10.2 Å². The molecule has 1 aromatic carbocycles. The zero-order valence-electron chi connectivity index (χ0n) is 10.8. The van der Waals surface area contributed by atoms with Crippen LogP contribution in [0, 0.1) is 5.41 Å². The van der Waals surface area contributed by atoms with Crippen LogP contribution in [0.2, 0.25) is 10.0 Å². The summed E-state index contributed by atoms with van der Waals surface area (Å²) in [5, 5.41) is 8.29. The summed E-state index contributed by atoms with van der Waals surface area (Å²) >= 11 is 12.0. The van der Waals surface area contributed by atoms with E-state index in [1.165, 1.54) is 0 Å². The van der Waals surface area contributed by atoms with Crippen LogP contribution in [0.25, 0.3) is 11.1 Å². The molecule has 0 aliphatic heterocycles. The number of aromatic nitrogens is 2. The van der Waals surface area contributed by atoms with Gasteiger partial charge in [0.1, 0.15) is 0 Å². The lowest BCUT2D eigenvalue weighted by Gasteiger charge is -2.07. The summed E-state index contributed by atoms with van der Waals surface area (Å²) in [4.78, 5) is 0. The lowest BCUT2D eigenvalue weighted by molar-refractivity contribution is 0.615. The summed E-state index contributed by atoms with van der Waals surface area (Å²) in [6.07, 6.45) is 1.14.